The minimum Gasteiger partial charge on any atom is -0.444 e. The van der Waals surface area contributed by atoms with Crippen LogP contribution in [0, 0.1) is 11.7 Å². The van der Waals surface area contributed by atoms with E-state index in [0.717, 1.165) is 27.8 Å². The number of alkyl carbamates (subject to hydrolysis) is 1. The summed E-state index contributed by atoms with van der Waals surface area (Å²) in [5.41, 5.74) is 3.80. The van der Waals surface area contributed by atoms with Crippen molar-refractivity contribution in [3.8, 4) is 11.1 Å². The topological polar surface area (TPSA) is 109 Å². The normalized spacial score (nSPS) is 12.4. The van der Waals surface area contributed by atoms with Gasteiger partial charge >= 0.3 is 6.09 Å². The molecule has 0 aliphatic heterocycles. The minimum atomic E-state index is -0.631. The smallest absolute Gasteiger partial charge is 0.407 e. The van der Waals surface area contributed by atoms with Gasteiger partial charge in [-0.2, -0.15) is 0 Å². The fourth-order valence-electron chi connectivity index (χ4n) is 4.29. The Balaban J connectivity index is 1.56. The van der Waals surface area contributed by atoms with E-state index in [-0.39, 0.29) is 24.1 Å². The Labute approximate surface area is 227 Å². The van der Waals surface area contributed by atoms with Crippen LogP contribution in [-0.2, 0) is 16.0 Å². The van der Waals surface area contributed by atoms with Gasteiger partial charge in [-0.25, -0.2) is 14.2 Å². The number of carbonyl (C=O) groups is 2. The summed E-state index contributed by atoms with van der Waals surface area (Å²) >= 11 is 0. The van der Waals surface area contributed by atoms with Crippen LogP contribution >= 0.6 is 0 Å². The van der Waals surface area contributed by atoms with Gasteiger partial charge in [0.15, 0.2) is 0 Å². The summed E-state index contributed by atoms with van der Waals surface area (Å²) in [5.74, 6) is -0.154. The maximum Gasteiger partial charge on any atom is 0.407 e. The molecule has 0 bridgehead atoms. The van der Waals surface area contributed by atoms with Gasteiger partial charge in [0.25, 0.3) is 0 Å². The number of ether oxygens (including phenoxy) is 1. The summed E-state index contributed by atoms with van der Waals surface area (Å²) in [7, 11) is 0. The van der Waals surface area contributed by atoms with Crippen LogP contribution in [0.3, 0.4) is 0 Å². The molecule has 0 saturated heterocycles. The fourth-order valence-corrected chi connectivity index (χ4v) is 4.29. The molecule has 8 nitrogen and oxygen atoms in total. The van der Waals surface area contributed by atoms with Gasteiger partial charge in [0, 0.05) is 47.9 Å². The fraction of sp³-hybridized carbons (Fsp3) is 0.333. The Morgan fingerprint density at radius 1 is 1.03 bits per heavy atom. The number of fused-ring (bicyclic) bond motifs is 1. The van der Waals surface area contributed by atoms with Crippen molar-refractivity contribution >= 4 is 28.9 Å². The number of pyridine rings is 2. The van der Waals surface area contributed by atoms with Crippen molar-refractivity contribution in [3.05, 3.63) is 78.0 Å². The molecule has 0 spiro atoms. The lowest BCUT2D eigenvalue weighted by molar-refractivity contribution is -0.116. The van der Waals surface area contributed by atoms with E-state index in [0.29, 0.717) is 17.9 Å². The summed E-state index contributed by atoms with van der Waals surface area (Å²) in [6.07, 6.45) is 3.52. The number of amides is 2. The van der Waals surface area contributed by atoms with Gasteiger partial charge in [0.2, 0.25) is 5.91 Å². The first kappa shape index (κ1) is 27.8. The van der Waals surface area contributed by atoms with Crippen LogP contribution < -0.4 is 10.6 Å². The van der Waals surface area contributed by atoms with E-state index in [1.807, 2.05) is 32.0 Å². The van der Waals surface area contributed by atoms with Crippen LogP contribution in [0.1, 0.15) is 52.3 Å². The maximum absolute atomic E-state index is 13.5. The average Bonchev–Trinajstić information content (AvgIpc) is 3.21. The van der Waals surface area contributed by atoms with Gasteiger partial charge in [-0.3, -0.25) is 9.78 Å². The molecule has 0 aliphatic rings. The lowest BCUT2D eigenvalue weighted by atomic mass is 10.00. The van der Waals surface area contributed by atoms with Crippen molar-refractivity contribution in [3.63, 3.8) is 0 Å². The molecule has 3 aromatic heterocycles. The number of rotatable bonds is 8. The number of anilines is 1. The predicted molar refractivity (Wildman–Crippen MR) is 150 cm³/mol. The molecule has 1 atom stereocenters. The first-order valence-corrected chi connectivity index (χ1v) is 12.9. The number of carbonyl (C=O) groups excluding carboxylic acids is 2. The molecule has 0 unspecified atom stereocenters. The monoisotopic (exact) mass is 531 g/mol. The molecule has 4 rings (SSSR count). The molecule has 0 saturated carbocycles. The zero-order valence-electron chi connectivity index (χ0n) is 22.8. The number of halogens is 1. The number of aromatic amines is 1. The first-order chi connectivity index (χ1) is 18.5. The molecular weight excluding hydrogens is 497 g/mol. The predicted octanol–water partition coefficient (Wildman–Crippen LogP) is 6.23. The molecule has 1 aromatic carbocycles. The summed E-state index contributed by atoms with van der Waals surface area (Å²) in [5, 5.41) is 6.54. The van der Waals surface area contributed by atoms with Gasteiger partial charge in [-0.1, -0.05) is 26.0 Å². The van der Waals surface area contributed by atoms with Crippen molar-refractivity contribution in [2.45, 2.75) is 59.1 Å². The van der Waals surface area contributed by atoms with Crippen molar-refractivity contribution < 1.29 is 18.7 Å². The molecule has 4 aromatic rings. The molecule has 0 radical (unpaired) electrons. The number of nitrogens with one attached hydrogen (secondary N) is 3. The SMILES string of the molecule is CC(C)[C@@H](CC(=O)Nc1ccc2c(-c3ccncc3)c(Cc3ccc(F)cc3)[nH]c2n1)NC(=O)OC(C)(C)C. The number of aromatic nitrogens is 3. The third kappa shape index (κ3) is 7.40. The van der Waals surface area contributed by atoms with Crippen molar-refractivity contribution in [1.82, 2.24) is 20.3 Å². The third-order valence-electron chi connectivity index (χ3n) is 6.18. The second-order valence-corrected chi connectivity index (χ2v) is 10.9. The Kier molecular flexibility index (Phi) is 8.28. The highest BCUT2D eigenvalue weighted by atomic mass is 19.1. The molecular formula is C30H34FN5O3. The van der Waals surface area contributed by atoms with Gasteiger partial charge in [-0.05, 0) is 74.2 Å². The van der Waals surface area contributed by atoms with E-state index in [2.05, 4.69) is 25.6 Å². The number of nitrogens with zero attached hydrogens (tertiary/aromatic N) is 2. The van der Waals surface area contributed by atoms with E-state index in [1.54, 1.807) is 51.4 Å². The molecule has 3 heterocycles. The Hall–Kier alpha value is -4.27. The molecule has 2 amide bonds. The Morgan fingerprint density at radius 3 is 2.36 bits per heavy atom. The lowest BCUT2D eigenvalue weighted by Crippen LogP contribution is -2.43. The van der Waals surface area contributed by atoms with Crippen molar-refractivity contribution in [1.29, 1.82) is 0 Å². The molecule has 3 N–H and O–H groups in total. The lowest BCUT2D eigenvalue weighted by Gasteiger charge is -2.25. The summed E-state index contributed by atoms with van der Waals surface area (Å²) < 4.78 is 18.8. The standard InChI is InChI=1S/C30H34FN5O3/c1-18(2)23(34-29(38)39-30(3,4)5)17-26(37)35-25-11-10-22-27(20-12-14-32-15-13-20)24(33-28(22)36-25)16-19-6-8-21(31)9-7-19/h6-15,18,23H,16-17H2,1-5H3,(H,34,38)(H2,33,35,36,37)/t23-/m1/s1. The third-order valence-corrected chi connectivity index (χ3v) is 6.18. The van der Waals surface area contributed by atoms with Crippen LogP contribution in [-0.4, -0.2) is 38.6 Å². The van der Waals surface area contributed by atoms with E-state index < -0.39 is 17.7 Å². The van der Waals surface area contributed by atoms with Crippen LogP contribution in [0.4, 0.5) is 15.0 Å². The van der Waals surface area contributed by atoms with Gasteiger partial charge in [0.05, 0.1) is 0 Å². The van der Waals surface area contributed by atoms with Gasteiger partial charge in [0.1, 0.15) is 22.9 Å². The number of H-pyrrole nitrogens is 1. The van der Waals surface area contributed by atoms with E-state index in [4.69, 9.17) is 4.74 Å². The molecule has 204 valence electrons. The van der Waals surface area contributed by atoms with E-state index >= 15 is 0 Å². The second-order valence-electron chi connectivity index (χ2n) is 10.9. The number of hydrogen-bond acceptors (Lipinski definition) is 5. The Bertz CT molecular complexity index is 1440. The molecule has 0 aliphatic carbocycles. The number of hydrogen-bond donors (Lipinski definition) is 3. The molecule has 0 fully saturated rings. The zero-order valence-corrected chi connectivity index (χ0v) is 22.8. The summed E-state index contributed by atoms with van der Waals surface area (Å²) in [6, 6.07) is 13.5. The highest BCUT2D eigenvalue weighted by molar-refractivity contribution is 5.98. The van der Waals surface area contributed by atoms with Gasteiger partial charge in [-0.15, -0.1) is 0 Å². The van der Waals surface area contributed by atoms with E-state index in [1.165, 1.54) is 12.1 Å². The number of benzene rings is 1. The summed E-state index contributed by atoms with van der Waals surface area (Å²) in [4.78, 5) is 37.3. The molecule has 9 heteroatoms. The summed E-state index contributed by atoms with van der Waals surface area (Å²) in [6.45, 7) is 9.23. The quantitative estimate of drug-likeness (QED) is 0.250. The van der Waals surface area contributed by atoms with Crippen molar-refractivity contribution in [2.75, 3.05) is 5.32 Å². The molecule has 39 heavy (non-hydrogen) atoms. The first-order valence-electron chi connectivity index (χ1n) is 12.9. The van der Waals surface area contributed by atoms with Gasteiger partial charge < -0.3 is 20.4 Å². The average molecular weight is 532 g/mol. The highest BCUT2D eigenvalue weighted by Gasteiger charge is 2.24. The second kappa shape index (κ2) is 11.6. The largest absolute Gasteiger partial charge is 0.444 e. The van der Waals surface area contributed by atoms with Crippen LogP contribution in [0.25, 0.3) is 22.2 Å². The zero-order chi connectivity index (χ0) is 28.2. The Morgan fingerprint density at radius 2 is 1.72 bits per heavy atom. The van der Waals surface area contributed by atoms with E-state index in [9.17, 15) is 14.0 Å². The minimum absolute atomic E-state index is 0.0130. The van der Waals surface area contributed by atoms with Crippen LogP contribution in [0.5, 0.6) is 0 Å². The highest BCUT2D eigenvalue weighted by Crippen LogP contribution is 2.33. The van der Waals surface area contributed by atoms with Crippen molar-refractivity contribution in [2.24, 2.45) is 5.92 Å². The van der Waals surface area contributed by atoms with Crippen LogP contribution in [0.15, 0.2) is 60.9 Å². The maximum atomic E-state index is 13.5. The van der Waals surface area contributed by atoms with Crippen LogP contribution in [0.2, 0.25) is 0 Å².